The van der Waals surface area contributed by atoms with Crippen molar-refractivity contribution in [3.05, 3.63) is 0 Å². The highest BCUT2D eigenvalue weighted by molar-refractivity contribution is 5.85. The van der Waals surface area contributed by atoms with Gasteiger partial charge >= 0.3 is 0 Å². The predicted molar refractivity (Wildman–Crippen MR) is 63.3 cm³/mol. The highest BCUT2D eigenvalue weighted by Gasteiger charge is 2.26. The van der Waals surface area contributed by atoms with Gasteiger partial charge in [-0.1, -0.05) is 0 Å². The van der Waals surface area contributed by atoms with E-state index in [1.165, 1.54) is 25.7 Å². The molecule has 0 aromatic rings. The quantitative estimate of drug-likeness (QED) is 0.519. The van der Waals surface area contributed by atoms with Crippen LogP contribution in [0.5, 0.6) is 0 Å². The Morgan fingerprint density at radius 1 is 1.19 bits per heavy atom. The van der Waals surface area contributed by atoms with Gasteiger partial charge in [0, 0.05) is 26.2 Å². The molecule has 2 rings (SSSR count). The molecule has 0 aromatic heterocycles. The van der Waals surface area contributed by atoms with Crippen molar-refractivity contribution in [2.24, 2.45) is 4.99 Å². The fourth-order valence-electron chi connectivity index (χ4n) is 1.26. The van der Waals surface area contributed by atoms with Crippen LogP contribution >= 0.6 is 0 Å². The van der Waals surface area contributed by atoms with Crippen LogP contribution in [0, 0.1) is 0 Å². The summed E-state index contributed by atoms with van der Waals surface area (Å²) in [5.74, 6) is 0.841. The van der Waals surface area contributed by atoms with Gasteiger partial charge in [-0.25, -0.2) is 4.99 Å². The zero-order chi connectivity index (χ0) is 11.5. The standard InChI is InChI=1S/C11H20N4O/c1-15(2)10(16)7-12-11(13-8-3-4-8)14-9-5-6-9/h8-9H,3-7H2,1-2H3,(H2,12,13,14). The summed E-state index contributed by atoms with van der Waals surface area (Å²) < 4.78 is 0. The molecule has 2 N–H and O–H groups in total. The summed E-state index contributed by atoms with van der Waals surface area (Å²) in [5.41, 5.74) is 0. The molecule has 16 heavy (non-hydrogen) atoms. The number of carbonyl (C=O) groups is 1. The van der Waals surface area contributed by atoms with E-state index in [4.69, 9.17) is 0 Å². The molecule has 0 atom stereocenters. The van der Waals surface area contributed by atoms with Crippen LogP contribution in [0.2, 0.25) is 0 Å². The zero-order valence-corrected chi connectivity index (χ0v) is 9.99. The Balaban J connectivity index is 1.82. The molecule has 2 aliphatic carbocycles. The van der Waals surface area contributed by atoms with Crippen molar-refractivity contribution in [2.75, 3.05) is 20.6 Å². The van der Waals surface area contributed by atoms with E-state index in [1.807, 2.05) is 0 Å². The molecular weight excluding hydrogens is 204 g/mol. The highest BCUT2D eigenvalue weighted by Crippen LogP contribution is 2.21. The first-order valence-corrected chi connectivity index (χ1v) is 5.93. The minimum atomic E-state index is 0.0349. The lowest BCUT2D eigenvalue weighted by atomic mass is 10.5. The van der Waals surface area contributed by atoms with Gasteiger partial charge in [0.15, 0.2) is 5.96 Å². The van der Waals surface area contributed by atoms with Crippen LogP contribution in [0.4, 0.5) is 0 Å². The molecule has 0 radical (unpaired) electrons. The second-order valence-corrected chi connectivity index (χ2v) is 4.79. The lowest BCUT2D eigenvalue weighted by Gasteiger charge is -2.12. The number of aliphatic imine (C=N–C) groups is 1. The average molecular weight is 224 g/mol. The van der Waals surface area contributed by atoms with E-state index < -0.39 is 0 Å². The topological polar surface area (TPSA) is 56.7 Å². The average Bonchev–Trinajstić information content (AvgIpc) is 3.08. The molecule has 0 spiro atoms. The minimum absolute atomic E-state index is 0.0349. The summed E-state index contributed by atoms with van der Waals surface area (Å²) in [7, 11) is 3.50. The molecule has 0 aromatic carbocycles. The number of rotatable bonds is 4. The molecule has 0 heterocycles. The lowest BCUT2D eigenvalue weighted by Crippen LogP contribution is -2.40. The normalized spacial score (nSPS) is 18.9. The number of hydrogen-bond acceptors (Lipinski definition) is 2. The SMILES string of the molecule is CN(C)C(=O)CN=C(NC1CC1)NC1CC1. The Kier molecular flexibility index (Phi) is 3.31. The molecule has 0 saturated heterocycles. The van der Waals surface area contributed by atoms with Gasteiger partial charge in [0.1, 0.15) is 6.54 Å². The smallest absolute Gasteiger partial charge is 0.243 e. The van der Waals surface area contributed by atoms with Crippen LogP contribution in [0.1, 0.15) is 25.7 Å². The molecule has 0 unspecified atom stereocenters. The first kappa shape index (κ1) is 11.2. The Hall–Kier alpha value is -1.26. The lowest BCUT2D eigenvalue weighted by molar-refractivity contribution is -0.127. The summed E-state index contributed by atoms with van der Waals surface area (Å²) in [4.78, 5) is 17.3. The van der Waals surface area contributed by atoms with Crippen LogP contribution < -0.4 is 10.6 Å². The summed E-state index contributed by atoms with van der Waals surface area (Å²) in [5, 5.41) is 6.65. The van der Waals surface area contributed by atoms with Gasteiger partial charge in [-0.15, -0.1) is 0 Å². The minimum Gasteiger partial charge on any atom is -0.354 e. The van der Waals surface area contributed by atoms with Gasteiger partial charge in [0.25, 0.3) is 0 Å². The van der Waals surface area contributed by atoms with Gasteiger partial charge in [-0.3, -0.25) is 4.79 Å². The van der Waals surface area contributed by atoms with E-state index in [0.29, 0.717) is 12.1 Å². The van der Waals surface area contributed by atoms with Crippen molar-refractivity contribution in [3.8, 4) is 0 Å². The number of amides is 1. The van der Waals surface area contributed by atoms with Crippen molar-refractivity contribution < 1.29 is 4.79 Å². The van der Waals surface area contributed by atoms with E-state index in [0.717, 1.165) is 5.96 Å². The largest absolute Gasteiger partial charge is 0.354 e. The van der Waals surface area contributed by atoms with Gasteiger partial charge in [-0.05, 0) is 25.7 Å². The van der Waals surface area contributed by atoms with Crippen LogP contribution in [-0.2, 0) is 4.79 Å². The Morgan fingerprint density at radius 2 is 1.69 bits per heavy atom. The van der Waals surface area contributed by atoms with E-state index >= 15 is 0 Å². The maximum absolute atomic E-state index is 11.4. The number of hydrogen-bond donors (Lipinski definition) is 2. The van der Waals surface area contributed by atoms with Crippen LogP contribution in [0.15, 0.2) is 4.99 Å². The van der Waals surface area contributed by atoms with Crippen molar-refractivity contribution in [2.45, 2.75) is 37.8 Å². The second kappa shape index (κ2) is 4.72. The molecule has 5 heteroatoms. The number of likely N-dealkylation sites (N-methyl/N-ethyl adjacent to an activating group) is 1. The number of guanidine groups is 1. The predicted octanol–water partition coefficient (Wildman–Crippen LogP) is -0.0654. The van der Waals surface area contributed by atoms with Crippen molar-refractivity contribution >= 4 is 11.9 Å². The Morgan fingerprint density at radius 3 is 2.06 bits per heavy atom. The van der Waals surface area contributed by atoms with E-state index in [9.17, 15) is 4.79 Å². The summed E-state index contributed by atoms with van der Waals surface area (Å²) >= 11 is 0. The monoisotopic (exact) mass is 224 g/mol. The third kappa shape index (κ3) is 3.72. The number of nitrogens with zero attached hydrogens (tertiary/aromatic N) is 2. The molecule has 5 nitrogen and oxygen atoms in total. The fourth-order valence-corrected chi connectivity index (χ4v) is 1.26. The van der Waals surface area contributed by atoms with Crippen LogP contribution in [0.25, 0.3) is 0 Å². The molecule has 2 fully saturated rings. The maximum Gasteiger partial charge on any atom is 0.243 e. The van der Waals surface area contributed by atoms with E-state index in [2.05, 4.69) is 15.6 Å². The number of nitrogens with one attached hydrogen (secondary N) is 2. The van der Waals surface area contributed by atoms with Gasteiger partial charge in [0.05, 0.1) is 0 Å². The molecule has 2 saturated carbocycles. The molecule has 2 aliphatic rings. The van der Waals surface area contributed by atoms with Crippen LogP contribution in [-0.4, -0.2) is 49.5 Å². The maximum atomic E-state index is 11.4. The number of carbonyl (C=O) groups excluding carboxylic acids is 1. The first-order chi connectivity index (χ1) is 7.65. The third-order valence-electron chi connectivity index (χ3n) is 2.71. The van der Waals surface area contributed by atoms with Gasteiger partial charge in [-0.2, -0.15) is 0 Å². The molecule has 0 bridgehead atoms. The van der Waals surface area contributed by atoms with Crippen molar-refractivity contribution in [1.29, 1.82) is 0 Å². The van der Waals surface area contributed by atoms with Crippen molar-refractivity contribution in [1.82, 2.24) is 15.5 Å². The second-order valence-electron chi connectivity index (χ2n) is 4.79. The van der Waals surface area contributed by atoms with Gasteiger partial charge in [0.2, 0.25) is 5.91 Å². The Labute approximate surface area is 96.3 Å². The first-order valence-electron chi connectivity index (χ1n) is 5.93. The molecular formula is C11H20N4O. The van der Waals surface area contributed by atoms with Crippen molar-refractivity contribution in [3.63, 3.8) is 0 Å². The van der Waals surface area contributed by atoms with Crippen LogP contribution in [0.3, 0.4) is 0 Å². The van der Waals surface area contributed by atoms with E-state index in [-0.39, 0.29) is 12.5 Å². The zero-order valence-electron chi connectivity index (χ0n) is 9.99. The fraction of sp³-hybridized carbons (Fsp3) is 0.818. The van der Waals surface area contributed by atoms with E-state index in [1.54, 1.807) is 19.0 Å². The molecule has 1 amide bonds. The summed E-state index contributed by atoms with van der Waals surface area (Å²) in [6.07, 6.45) is 4.86. The highest BCUT2D eigenvalue weighted by atomic mass is 16.2. The van der Waals surface area contributed by atoms with Gasteiger partial charge < -0.3 is 15.5 Å². The third-order valence-corrected chi connectivity index (χ3v) is 2.71. The summed E-state index contributed by atoms with van der Waals surface area (Å²) in [6.45, 7) is 0.224. The Bertz CT molecular complexity index is 276. The summed E-state index contributed by atoms with van der Waals surface area (Å²) in [6, 6.07) is 1.14. The molecule has 90 valence electrons. The molecule has 0 aliphatic heterocycles.